The topological polar surface area (TPSA) is 80.5 Å². The van der Waals surface area contributed by atoms with Crippen LogP contribution in [-0.2, 0) is 11.2 Å². The van der Waals surface area contributed by atoms with Gasteiger partial charge in [-0.2, -0.15) is 0 Å². The van der Waals surface area contributed by atoms with Crippen LogP contribution in [0, 0.1) is 10.1 Å². The number of non-ortho nitro benzene ring substituents is 1. The first-order valence-corrected chi connectivity index (χ1v) is 9.42. The molecule has 2 aromatic carbocycles. The van der Waals surface area contributed by atoms with Crippen LogP contribution < -0.4 is 4.90 Å². The maximum absolute atomic E-state index is 12.7. The van der Waals surface area contributed by atoms with Gasteiger partial charge in [-0.25, -0.2) is 4.90 Å². The molecule has 1 heterocycles. The minimum Gasteiger partial charge on any atom is -0.268 e. The number of imide groups is 1. The maximum atomic E-state index is 12.7. The second-order valence-corrected chi connectivity index (χ2v) is 7.13. The molecule has 0 bridgehead atoms. The molecule has 3 rings (SSSR count). The molecule has 0 N–H and O–H groups in total. The van der Waals surface area contributed by atoms with E-state index in [2.05, 4.69) is 6.92 Å². The Labute approximate surface area is 161 Å². The number of carbonyl (C=O) groups excluding carboxylic acids is 2. The normalized spacial score (nSPS) is 15.6. The van der Waals surface area contributed by atoms with E-state index in [-0.39, 0.29) is 16.8 Å². The molecule has 0 unspecified atom stereocenters. The Kier molecular flexibility index (Phi) is 5.71. The molecule has 6 nitrogen and oxygen atoms in total. The molecule has 0 radical (unpaired) electrons. The van der Waals surface area contributed by atoms with Gasteiger partial charge in [0.25, 0.3) is 16.8 Å². The third kappa shape index (κ3) is 4.25. The number of nitrogens with zero attached hydrogens (tertiary/aromatic N) is 2. The van der Waals surface area contributed by atoms with Crippen molar-refractivity contribution in [2.45, 2.75) is 26.2 Å². The van der Waals surface area contributed by atoms with E-state index in [0.29, 0.717) is 16.2 Å². The van der Waals surface area contributed by atoms with Crippen molar-refractivity contribution < 1.29 is 14.5 Å². The highest BCUT2D eigenvalue weighted by atomic mass is 32.2. The zero-order valence-corrected chi connectivity index (χ0v) is 15.6. The smallest absolute Gasteiger partial charge is 0.268 e. The number of carbonyl (C=O) groups is 2. The Morgan fingerprint density at radius 2 is 1.74 bits per heavy atom. The SMILES string of the molecule is CCCCc1ccc(N2C(=O)S/C(=C\c3ccc([N+](=O)[O-])cc3)C2=O)cc1. The fourth-order valence-electron chi connectivity index (χ4n) is 2.73. The van der Waals surface area contributed by atoms with Gasteiger partial charge in [0.2, 0.25) is 0 Å². The summed E-state index contributed by atoms with van der Waals surface area (Å²) in [6, 6.07) is 13.3. The molecule has 0 aromatic heterocycles. The van der Waals surface area contributed by atoms with Crippen LogP contribution in [0.1, 0.15) is 30.9 Å². The molecule has 0 saturated carbocycles. The van der Waals surface area contributed by atoms with E-state index in [1.165, 1.54) is 17.7 Å². The summed E-state index contributed by atoms with van der Waals surface area (Å²) in [7, 11) is 0. The maximum Gasteiger partial charge on any atom is 0.298 e. The second-order valence-electron chi connectivity index (χ2n) is 6.14. The average Bonchev–Trinajstić information content (AvgIpc) is 2.94. The molecule has 1 aliphatic rings. The van der Waals surface area contributed by atoms with Crippen LogP contribution in [0.15, 0.2) is 53.4 Å². The van der Waals surface area contributed by atoms with Crippen molar-refractivity contribution in [1.29, 1.82) is 0 Å². The second kappa shape index (κ2) is 8.18. The number of nitro benzene ring substituents is 1. The summed E-state index contributed by atoms with van der Waals surface area (Å²) in [5.41, 5.74) is 2.32. The largest absolute Gasteiger partial charge is 0.298 e. The van der Waals surface area contributed by atoms with Gasteiger partial charge < -0.3 is 0 Å². The van der Waals surface area contributed by atoms with Gasteiger partial charge in [-0.3, -0.25) is 19.7 Å². The number of hydrogen-bond donors (Lipinski definition) is 0. The Balaban J connectivity index is 1.79. The van der Waals surface area contributed by atoms with Crippen LogP contribution in [0.3, 0.4) is 0 Å². The molecule has 27 heavy (non-hydrogen) atoms. The van der Waals surface area contributed by atoms with Crippen molar-refractivity contribution >= 4 is 40.4 Å². The molecule has 0 spiro atoms. The lowest BCUT2D eigenvalue weighted by Crippen LogP contribution is -2.27. The van der Waals surface area contributed by atoms with Crippen LogP contribution in [0.25, 0.3) is 6.08 Å². The summed E-state index contributed by atoms with van der Waals surface area (Å²) < 4.78 is 0. The number of anilines is 1. The highest BCUT2D eigenvalue weighted by Gasteiger charge is 2.36. The zero-order valence-electron chi connectivity index (χ0n) is 14.8. The van der Waals surface area contributed by atoms with Crippen molar-refractivity contribution in [3.8, 4) is 0 Å². The number of thioether (sulfide) groups is 1. The Morgan fingerprint density at radius 1 is 1.07 bits per heavy atom. The van der Waals surface area contributed by atoms with Gasteiger partial charge in [-0.15, -0.1) is 0 Å². The first-order valence-electron chi connectivity index (χ1n) is 8.61. The molecular weight excluding hydrogens is 364 g/mol. The van der Waals surface area contributed by atoms with Gasteiger partial charge in [0, 0.05) is 12.1 Å². The Bertz CT molecular complexity index is 905. The molecule has 7 heteroatoms. The number of nitro groups is 1. The van der Waals surface area contributed by atoms with Crippen molar-refractivity contribution in [1.82, 2.24) is 0 Å². The lowest BCUT2D eigenvalue weighted by Gasteiger charge is -2.13. The van der Waals surface area contributed by atoms with E-state index in [0.717, 1.165) is 35.9 Å². The van der Waals surface area contributed by atoms with Crippen LogP contribution in [-0.4, -0.2) is 16.1 Å². The van der Waals surface area contributed by atoms with Crippen molar-refractivity contribution in [2.75, 3.05) is 4.90 Å². The number of rotatable bonds is 6. The molecule has 0 aliphatic carbocycles. The minimum atomic E-state index is -0.484. The lowest BCUT2D eigenvalue weighted by molar-refractivity contribution is -0.384. The molecule has 1 aliphatic heterocycles. The van der Waals surface area contributed by atoms with E-state index in [1.807, 2.05) is 12.1 Å². The van der Waals surface area contributed by atoms with Crippen LogP contribution in [0.5, 0.6) is 0 Å². The van der Waals surface area contributed by atoms with E-state index in [9.17, 15) is 19.7 Å². The highest BCUT2D eigenvalue weighted by Crippen LogP contribution is 2.36. The van der Waals surface area contributed by atoms with Crippen molar-refractivity contribution in [2.24, 2.45) is 0 Å². The first kappa shape index (κ1) is 18.8. The fraction of sp³-hybridized carbons (Fsp3) is 0.200. The summed E-state index contributed by atoms with van der Waals surface area (Å²) in [4.78, 5) is 36.7. The summed E-state index contributed by atoms with van der Waals surface area (Å²) >= 11 is 0.865. The van der Waals surface area contributed by atoms with Gasteiger partial charge in [0.05, 0.1) is 15.5 Å². The third-order valence-electron chi connectivity index (χ3n) is 4.21. The Morgan fingerprint density at radius 3 is 2.33 bits per heavy atom. The summed E-state index contributed by atoms with van der Waals surface area (Å²) in [6.45, 7) is 2.13. The van der Waals surface area contributed by atoms with E-state index in [1.54, 1.807) is 30.3 Å². The van der Waals surface area contributed by atoms with Crippen molar-refractivity contribution in [3.63, 3.8) is 0 Å². The van der Waals surface area contributed by atoms with Gasteiger partial charge in [0.1, 0.15) is 0 Å². The van der Waals surface area contributed by atoms with Gasteiger partial charge in [-0.05, 0) is 66.1 Å². The van der Waals surface area contributed by atoms with Crippen LogP contribution in [0.4, 0.5) is 16.2 Å². The zero-order chi connectivity index (χ0) is 19.4. The van der Waals surface area contributed by atoms with Crippen LogP contribution in [0.2, 0.25) is 0 Å². The van der Waals surface area contributed by atoms with Gasteiger partial charge in [0.15, 0.2) is 0 Å². The molecular formula is C20H18N2O4S. The first-order chi connectivity index (χ1) is 13.0. The summed E-state index contributed by atoms with van der Waals surface area (Å²) in [5.74, 6) is -0.385. The average molecular weight is 382 g/mol. The molecule has 1 saturated heterocycles. The predicted octanol–water partition coefficient (Wildman–Crippen LogP) is 5.18. The number of unbranched alkanes of at least 4 members (excludes halogenated alkanes) is 1. The van der Waals surface area contributed by atoms with E-state index < -0.39 is 4.92 Å². The van der Waals surface area contributed by atoms with Crippen molar-refractivity contribution in [3.05, 3.63) is 74.7 Å². The predicted molar refractivity (Wildman–Crippen MR) is 107 cm³/mol. The molecule has 2 aromatic rings. The number of amides is 2. The highest BCUT2D eigenvalue weighted by molar-refractivity contribution is 8.19. The quantitative estimate of drug-likeness (QED) is 0.391. The number of aryl methyl sites for hydroxylation is 1. The minimum absolute atomic E-state index is 0.0246. The monoisotopic (exact) mass is 382 g/mol. The van der Waals surface area contributed by atoms with Crippen LogP contribution >= 0.6 is 11.8 Å². The molecule has 0 atom stereocenters. The summed E-state index contributed by atoms with van der Waals surface area (Å²) in [6.07, 6.45) is 4.75. The number of hydrogen-bond acceptors (Lipinski definition) is 5. The fourth-order valence-corrected chi connectivity index (χ4v) is 3.57. The van der Waals surface area contributed by atoms with Gasteiger partial charge >= 0.3 is 0 Å². The number of benzene rings is 2. The summed E-state index contributed by atoms with van der Waals surface area (Å²) in [5, 5.41) is 10.4. The lowest BCUT2D eigenvalue weighted by atomic mass is 10.1. The Hall–Kier alpha value is -2.93. The standard InChI is InChI=1S/C20H18N2O4S/c1-2-3-4-14-5-9-16(10-6-14)21-19(23)18(27-20(21)24)13-15-7-11-17(12-8-15)22(25)26/h5-13H,2-4H2,1H3/b18-13-. The molecule has 138 valence electrons. The molecule has 1 fully saturated rings. The van der Waals surface area contributed by atoms with E-state index >= 15 is 0 Å². The van der Waals surface area contributed by atoms with Gasteiger partial charge in [-0.1, -0.05) is 25.5 Å². The molecule has 2 amide bonds. The third-order valence-corrected chi connectivity index (χ3v) is 5.08. The van der Waals surface area contributed by atoms with E-state index in [4.69, 9.17) is 0 Å².